The molecule has 2 N–H and O–H groups in total. The molecule has 4 atom stereocenters. The molecule has 3 heterocycles. The van der Waals surface area contributed by atoms with Crippen LogP contribution in [0.2, 0.25) is 0 Å². The average molecular weight is 351 g/mol. The van der Waals surface area contributed by atoms with Gasteiger partial charge in [-0.05, 0) is 30.5 Å². The molecule has 2 fully saturated rings. The van der Waals surface area contributed by atoms with Crippen molar-refractivity contribution < 1.29 is 14.4 Å². The lowest BCUT2D eigenvalue weighted by molar-refractivity contribution is -0.941. The van der Waals surface area contributed by atoms with Gasteiger partial charge in [-0.1, -0.05) is 25.1 Å². The SMILES string of the molecule is C/C=C1\C[N+]2(CCC)CCC34C(=C(C=O)[C@H]1C[C@@H]32)Nc1c(O)cccc14. The average Bonchev–Trinajstić information content (AvgIpc) is 3.17. The molecule has 1 aromatic rings. The number of allylic oxidation sites excluding steroid dienone is 2. The molecule has 0 radical (unpaired) electrons. The number of carbonyl (C=O) groups excluding carboxylic acids is 1. The van der Waals surface area contributed by atoms with Gasteiger partial charge in [-0.2, -0.15) is 0 Å². The number of nitrogens with one attached hydrogen (secondary N) is 1. The molecule has 26 heavy (non-hydrogen) atoms. The van der Waals surface area contributed by atoms with E-state index in [2.05, 4.69) is 31.3 Å². The Bertz CT molecular complexity index is 871. The molecule has 0 saturated carbocycles. The molecule has 5 rings (SSSR count). The Morgan fingerprint density at radius 2 is 2.27 bits per heavy atom. The summed E-state index contributed by atoms with van der Waals surface area (Å²) < 4.78 is 1.14. The summed E-state index contributed by atoms with van der Waals surface area (Å²) >= 11 is 0. The largest absolute Gasteiger partial charge is 0.506 e. The van der Waals surface area contributed by atoms with Gasteiger partial charge < -0.3 is 14.9 Å². The van der Waals surface area contributed by atoms with Crippen LogP contribution in [-0.2, 0) is 10.2 Å². The number of phenols is 1. The number of rotatable bonds is 3. The Kier molecular flexibility index (Phi) is 3.24. The highest BCUT2D eigenvalue weighted by Crippen LogP contribution is 2.64. The summed E-state index contributed by atoms with van der Waals surface area (Å²) in [6.07, 6.45) is 6.60. The standard InChI is InChI=1S/C22H26N2O2/c1-3-9-24-10-8-22-17-6-5-7-18(26)20(17)23-21(22)16(13-25)15(11-19(22)24)14(4-2)12-24/h4-7,13,15,19H,3,8-12H2,1-2H3,(H-,23,25,26)/p+1/b14-4+/t15-,19-,22?,24?/m0/s1. The van der Waals surface area contributed by atoms with E-state index in [1.807, 2.05) is 6.07 Å². The second-order valence-electron chi connectivity index (χ2n) is 8.49. The molecule has 4 heteroatoms. The number of carbonyl (C=O) groups is 1. The lowest BCUT2D eigenvalue weighted by Crippen LogP contribution is -2.63. The van der Waals surface area contributed by atoms with Crippen molar-refractivity contribution in [3.63, 3.8) is 0 Å². The number of benzene rings is 1. The minimum absolute atomic E-state index is 0.130. The van der Waals surface area contributed by atoms with E-state index in [4.69, 9.17) is 0 Å². The van der Waals surface area contributed by atoms with Crippen LogP contribution in [0.5, 0.6) is 5.75 Å². The third kappa shape index (κ3) is 1.67. The van der Waals surface area contributed by atoms with Crippen LogP contribution in [0.4, 0.5) is 5.69 Å². The zero-order valence-electron chi connectivity index (χ0n) is 15.6. The first-order valence-electron chi connectivity index (χ1n) is 9.91. The van der Waals surface area contributed by atoms with Crippen molar-refractivity contribution in [3.05, 3.63) is 46.7 Å². The van der Waals surface area contributed by atoms with E-state index in [-0.39, 0.29) is 11.3 Å². The van der Waals surface area contributed by atoms with Gasteiger partial charge in [0.25, 0.3) is 0 Å². The lowest BCUT2D eigenvalue weighted by Gasteiger charge is -2.53. The van der Waals surface area contributed by atoms with Gasteiger partial charge in [-0.15, -0.1) is 0 Å². The van der Waals surface area contributed by atoms with Crippen LogP contribution in [0.1, 0.15) is 38.7 Å². The first-order chi connectivity index (χ1) is 12.6. The first-order valence-corrected chi connectivity index (χ1v) is 9.91. The number of aldehydes is 1. The molecular weight excluding hydrogens is 324 g/mol. The monoisotopic (exact) mass is 351 g/mol. The van der Waals surface area contributed by atoms with Gasteiger partial charge in [0.05, 0.1) is 24.2 Å². The summed E-state index contributed by atoms with van der Waals surface area (Å²) in [5.74, 6) is 0.529. The lowest BCUT2D eigenvalue weighted by atomic mass is 9.61. The fourth-order valence-electron chi connectivity index (χ4n) is 6.73. The molecule has 1 aliphatic carbocycles. The van der Waals surface area contributed by atoms with Gasteiger partial charge >= 0.3 is 0 Å². The van der Waals surface area contributed by atoms with E-state index in [0.29, 0.717) is 11.8 Å². The molecule has 136 valence electrons. The van der Waals surface area contributed by atoms with Crippen LogP contribution < -0.4 is 5.32 Å². The maximum Gasteiger partial charge on any atom is 0.148 e. The number of anilines is 1. The molecule has 1 spiro atoms. The molecule has 0 amide bonds. The second kappa shape index (κ2) is 5.23. The van der Waals surface area contributed by atoms with Gasteiger partial charge in [0.2, 0.25) is 0 Å². The van der Waals surface area contributed by atoms with E-state index in [0.717, 1.165) is 53.7 Å². The third-order valence-corrected chi connectivity index (χ3v) is 7.64. The van der Waals surface area contributed by atoms with Gasteiger partial charge in [0.1, 0.15) is 24.6 Å². The quantitative estimate of drug-likeness (QED) is 0.379. The summed E-state index contributed by atoms with van der Waals surface area (Å²) in [4.78, 5) is 12.2. The number of quaternary nitrogens is 1. The van der Waals surface area contributed by atoms with Crippen molar-refractivity contribution in [1.29, 1.82) is 0 Å². The van der Waals surface area contributed by atoms with Crippen LogP contribution in [0.3, 0.4) is 0 Å². The van der Waals surface area contributed by atoms with Crippen LogP contribution in [0.25, 0.3) is 0 Å². The normalized spacial score (nSPS) is 38.2. The van der Waals surface area contributed by atoms with Gasteiger partial charge in [-0.3, -0.25) is 4.79 Å². The maximum absolute atomic E-state index is 12.2. The number of para-hydroxylation sites is 1. The van der Waals surface area contributed by atoms with Crippen molar-refractivity contribution in [2.24, 2.45) is 5.92 Å². The Labute approximate surface area is 154 Å². The zero-order valence-corrected chi connectivity index (χ0v) is 15.6. The summed E-state index contributed by atoms with van der Waals surface area (Å²) in [6.45, 7) is 7.80. The molecule has 3 aliphatic heterocycles. The second-order valence-corrected chi connectivity index (χ2v) is 8.49. The van der Waals surface area contributed by atoms with Crippen LogP contribution >= 0.6 is 0 Å². The fourth-order valence-corrected chi connectivity index (χ4v) is 6.73. The van der Waals surface area contributed by atoms with Gasteiger partial charge in [0.15, 0.2) is 0 Å². The summed E-state index contributed by atoms with van der Waals surface area (Å²) in [7, 11) is 0. The predicted octanol–water partition coefficient (Wildman–Crippen LogP) is 3.49. The van der Waals surface area contributed by atoms with Crippen molar-refractivity contribution >= 4 is 12.0 Å². The van der Waals surface area contributed by atoms with Crippen LogP contribution in [-0.4, -0.2) is 41.6 Å². The molecule has 4 nitrogen and oxygen atoms in total. The summed E-state index contributed by atoms with van der Waals surface area (Å²) in [6, 6.07) is 6.35. The molecule has 1 aromatic carbocycles. The number of fused-ring (bicyclic) bond motifs is 2. The highest BCUT2D eigenvalue weighted by Gasteiger charge is 2.68. The maximum atomic E-state index is 12.2. The van der Waals surface area contributed by atoms with Crippen LogP contribution in [0, 0.1) is 5.92 Å². The molecule has 2 bridgehead atoms. The number of aromatic hydroxyl groups is 1. The number of nitrogens with zero attached hydrogens (tertiary/aromatic N) is 1. The highest BCUT2D eigenvalue weighted by atomic mass is 16.3. The van der Waals surface area contributed by atoms with E-state index in [9.17, 15) is 9.90 Å². The fraction of sp³-hybridized carbons (Fsp3) is 0.500. The van der Waals surface area contributed by atoms with Crippen molar-refractivity contribution in [1.82, 2.24) is 0 Å². The minimum atomic E-state index is -0.130. The van der Waals surface area contributed by atoms with E-state index >= 15 is 0 Å². The molecular formula is C22H27N2O2+. The van der Waals surface area contributed by atoms with Crippen molar-refractivity contribution in [3.8, 4) is 5.75 Å². The Hall–Kier alpha value is -2.07. The van der Waals surface area contributed by atoms with E-state index in [1.165, 1.54) is 24.1 Å². The Morgan fingerprint density at radius 1 is 1.42 bits per heavy atom. The first kappa shape index (κ1) is 16.1. The molecule has 2 unspecified atom stereocenters. The molecule has 0 aromatic heterocycles. The Morgan fingerprint density at radius 3 is 3.00 bits per heavy atom. The predicted molar refractivity (Wildman–Crippen MR) is 102 cm³/mol. The zero-order chi connectivity index (χ0) is 18.1. The smallest absolute Gasteiger partial charge is 0.148 e. The van der Waals surface area contributed by atoms with Crippen LogP contribution in [0.15, 0.2) is 41.1 Å². The summed E-state index contributed by atoms with van der Waals surface area (Å²) in [5, 5.41) is 14.0. The summed E-state index contributed by atoms with van der Waals surface area (Å²) in [5.41, 5.74) is 5.32. The molecule has 4 aliphatic rings. The Balaban J connectivity index is 1.82. The number of piperidine rings is 1. The molecule has 2 saturated heterocycles. The van der Waals surface area contributed by atoms with E-state index in [1.54, 1.807) is 6.07 Å². The van der Waals surface area contributed by atoms with E-state index < -0.39 is 0 Å². The third-order valence-electron chi connectivity index (χ3n) is 7.64. The number of hydrogen-bond acceptors (Lipinski definition) is 3. The van der Waals surface area contributed by atoms with Crippen molar-refractivity contribution in [2.75, 3.05) is 25.0 Å². The highest BCUT2D eigenvalue weighted by molar-refractivity contribution is 5.85. The minimum Gasteiger partial charge on any atom is -0.506 e. The van der Waals surface area contributed by atoms with Gasteiger partial charge in [-0.25, -0.2) is 0 Å². The van der Waals surface area contributed by atoms with Crippen molar-refractivity contribution in [2.45, 2.75) is 44.6 Å². The number of phenolic OH excluding ortho intramolecular Hbond substituents is 1. The van der Waals surface area contributed by atoms with Gasteiger partial charge in [0, 0.05) is 30.0 Å². The topological polar surface area (TPSA) is 49.3 Å². The number of hydrogen-bond donors (Lipinski definition) is 2.